The van der Waals surface area contributed by atoms with Crippen molar-refractivity contribution in [3.8, 4) is 23.3 Å². The highest BCUT2D eigenvalue weighted by Crippen LogP contribution is 2.30. The number of aliphatic carboxylic acids is 1. The van der Waals surface area contributed by atoms with E-state index in [2.05, 4.69) is 9.97 Å². The molecule has 1 atom stereocenters. The quantitative estimate of drug-likeness (QED) is 0.178. The third kappa shape index (κ3) is 8.00. The van der Waals surface area contributed by atoms with Gasteiger partial charge in [0.05, 0.1) is 11.6 Å². The lowest BCUT2D eigenvalue weighted by atomic mass is 10.2. The zero-order chi connectivity index (χ0) is 29.4. The molecule has 0 saturated carbocycles. The fraction of sp³-hybridized carbons (Fsp3) is 0.172. The van der Waals surface area contributed by atoms with Crippen molar-refractivity contribution in [1.29, 1.82) is 0 Å². The van der Waals surface area contributed by atoms with Crippen LogP contribution in [0.1, 0.15) is 13.8 Å². The maximum atomic E-state index is 11.6. The molecule has 0 fully saturated rings. The molecule has 1 N–H and O–H groups in total. The smallest absolute Gasteiger partial charge is 0.400 e. The minimum Gasteiger partial charge on any atom is -0.480 e. The van der Waals surface area contributed by atoms with Crippen LogP contribution < -0.4 is 14.2 Å². The predicted octanol–water partition coefficient (Wildman–Crippen LogP) is 6.96. The highest BCUT2D eigenvalue weighted by molar-refractivity contribution is 6.35. The Morgan fingerprint density at radius 1 is 1.02 bits per heavy atom. The number of fused-ring (bicyclic) bond motifs is 2. The number of carboxylic acid groups (broad SMARTS) is 1. The molecule has 2 heterocycles. The minimum absolute atomic E-state index is 0.117. The number of carbonyl (C=O) groups excluding carboxylic acids is 1. The fourth-order valence-electron chi connectivity index (χ4n) is 3.49. The highest BCUT2D eigenvalue weighted by atomic mass is 35.5. The number of benzene rings is 3. The average molecular weight is 599 g/mol. The van der Waals surface area contributed by atoms with Gasteiger partial charge in [-0.1, -0.05) is 23.2 Å². The van der Waals surface area contributed by atoms with Crippen molar-refractivity contribution in [2.24, 2.45) is 0 Å². The van der Waals surface area contributed by atoms with Crippen LogP contribution in [-0.2, 0) is 14.3 Å². The Morgan fingerprint density at radius 3 is 2.51 bits per heavy atom. The number of oxazole rings is 1. The first-order chi connectivity index (χ1) is 19.7. The van der Waals surface area contributed by atoms with Gasteiger partial charge < -0.3 is 28.5 Å². The second kappa shape index (κ2) is 13.7. The van der Waals surface area contributed by atoms with Crippen LogP contribution in [0, 0.1) is 0 Å². The molecule has 0 aliphatic carbocycles. The monoisotopic (exact) mass is 598 g/mol. The third-order valence-electron chi connectivity index (χ3n) is 5.32. The van der Waals surface area contributed by atoms with Crippen molar-refractivity contribution >= 4 is 57.1 Å². The number of hydrogen-bond donors (Lipinski definition) is 1. The van der Waals surface area contributed by atoms with Crippen LogP contribution in [0.2, 0.25) is 10.0 Å². The molecule has 0 amide bonds. The summed E-state index contributed by atoms with van der Waals surface area (Å²) >= 11 is 11.9. The van der Waals surface area contributed by atoms with E-state index in [0.717, 1.165) is 5.39 Å². The SMILES string of the molecule is CCOC(=O)[C@@H](C)Oc1ccc(Oc2nc3ccc(Cl)cc3o2)cc1.O=C(O)COc1ccc(Cl)c2cccnc12. The lowest BCUT2D eigenvalue weighted by Crippen LogP contribution is -2.25. The number of ether oxygens (including phenoxy) is 4. The van der Waals surface area contributed by atoms with Gasteiger partial charge >= 0.3 is 18.0 Å². The molecule has 0 bridgehead atoms. The molecule has 0 aliphatic heterocycles. The lowest BCUT2D eigenvalue weighted by Gasteiger charge is -2.13. The van der Waals surface area contributed by atoms with Crippen molar-refractivity contribution in [2.45, 2.75) is 20.0 Å². The van der Waals surface area contributed by atoms with E-state index in [1.807, 2.05) is 0 Å². The minimum atomic E-state index is -1.03. The first-order valence-corrected chi connectivity index (χ1v) is 13.0. The summed E-state index contributed by atoms with van der Waals surface area (Å²) in [5.74, 6) is 0.0282. The summed E-state index contributed by atoms with van der Waals surface area (Å²) in [5.41, 5.74) is 1.77. The van der Waals surface area contributed by atoms with Gasteiger partial charge in [-0.15, -0.1) is 0 Å². The number of rotatable bonds is 9. The number of carbonyl (C=O) groups is 2. The van der Waals surface area contributed by atoms with Crippen LogP contribution in [0.15, 0.2) is 77.3 Å². The molecule has 5 rings (SSSR count). The van der Waals surface area contributed by atoms with Crippen molar-refractivity contribution in [1.82, 2.24) is 9.97 Å². The van der Waals surface area contributed by atoms with Gasteiger partial charge in [0.2, 0.25) is 0 Å². The van der Waals surface area contributed by atoms with Gasteiger partial charge in [0.25, 0.3) is 0 Å². The molecular formula is C29H24Cl2N2O8. The molecule has 10 nitrogen and oxygen atoms in total. The predicted molar refractivity (Wildman–Crippen MR) is 152 cm³/mol. The maximum Gasteiger partial charge on any atom is 0.400 e. The Bertz CT molecular complexity index is 1660. The number of aromatic nitrogens is 2. The number of pyridine rings is 1. The Morgan fingerprint density at radius 2 is 1.78 bits per heavy atom. The normalized spacial score (nSPS) is 11.3. The van der Waals surface area contributed by atoms with Crippen molar-refractivity contribution in [3.05, 3.63) is 83.0 Å². The van der Waals surface area contributed by atoms with Gasteiger partial charge in [-0.2, -0.15) is 4.98 Å². The molecule has 0 aliphatic rings. The Labute approximate surface area is 244 Å². The second-order valence-corrected chi connectivity index (χ2v) is 9.15. The summed E-state index contributed by atoms with van der Waals surface area (Å²) in [6, 6.07) is 18.7. The first kappa shape index (κ1) is 29.4. The Kier molecular flexibility index (Phi) is 9.83. The lowest BCUT2D eigenvalue weighted by molar-refractivity contribution is -0.150. The molecule has 0 spiro atoms. The summed E-state index contributed by atoms with van der Waals surface area (Å²) in [7, 11) is 0. The summed E-state index contributed by atoms with van der Waals surface area (Å²) in [5, 5.41) is 10.4. The largest absolute Gasteiger partial charge is 0.480 e. The molecule has 2 aromatic heterocycles. The van der Waals surface area contributed by atoms with E-state index < -0.39 is 24.6 Å². The van der Waals surface area contributed by atoms with Crippen molar-refractivity contribution in [2.75, 3.05) is 13.2 Å². The maximum absolute atomic E-state index is 11.6. The van der Waals surface area contributed by atoms with Crippen LogP contribution in [0.5, 0.6) is 23.3 Å². The fourth-order valence-corrected chi connectivity index (χ4v) is 3.87. The molecule has 0 saturated heterocycles. The van der Waals surface area contributed by atoms with Crippen LogP contribution >= 0.6 is 23.2 Å². The van der Waals surface area contributed by atoms with E-state index in [9.17, 15) is 9.59 Å². The van der Waals surface area contributed by atoms with E-state index in [1.165, 1.54) is 0 Å². The molecule has 212 valence electrons. The van der Waals surface area contributed by atoms with E-state index >= 15 is 0 Å². The standard InChI is InChI=1S/C18H16ClNO5.C11H8ClNO3/c1-3-22-17(21)11(2)23-13-5-7-14(8-6-13)24-18-20-15-9-4-12(19)10-16(15)25-18;12-8-3-4-9(16-6-10(14)15)11-7(8)2-1-5-13-11/h4-11H,3H2,1-2H3;1-5H,6H2,(H,14,15)/t11-;/m1./s1. The number of esters is 1. The Balaban J connectivity index is 0.000000208. The van der Waals surface area contributed by atoms with Gasteiger partial charge in [0, 0.05) is 22.7 Å². The zero-order valence-corrected chi connectivity index (χ0v) is 23.4. The third-order valence-corrected chi connectivity index (χ3v) is 5.89. The number of hydrogen-bond acceptors (Lipinski definition) is 9. The van der Waals surface area contributed by atoms with Gasteiger partial charge in [0.15, 0.2) is 18.3 Å². The summed E-state index contributed by atoms with van der Waals surface area (Å²) in [6.45, 7) is 3.30. The summed E-state index contributed by atoms with van der Waals surface area (Å²) in [6.07, 6.45) is 1.03. The van der Waals surface area contributed by atoms with Crippen LogP contribution in [-0.4, -0.2) is 46.3 Å². The molecular weight excluding hydrogens is 575 g/mol. The molecule has 5 aromatic rings. The molecule has 0 unspecified atom stereocenters. The number of nitrogens with zero attached hydrogens (tertiary/aromatic N) is 2. The highest BCUT2D eigenvalue weighted by Gasteiger charge is 2.16. The molecule has 12 heteroatoms. The van der Waals surface area contributed by atoms with Crippen LogP contribution in [0.3, 0.4) is 0 Å². The summed E-state index contributed by atoms with van der Waals surface area (Å²) < 4.78 is 26.6. The van der Waals surface area contributed by atoms with Crippen LogP contribution in [0.25, 0.3) is 22.0 Å². The topological polar surface area (TPSA) is 130 Å². The van der Waals surface area contributed by atoms with Gasteiger partial charge in [-0.25, -0.2) is 9.59 Å². The van der Waals surface area contributed by atoms with Gasteiger partial charge in [-0.3, -0.25) is 4.98 Å². The molecule has 41 heavy (non-hydrogen) atoms. The first-order valence-electron chi connectivity index (χ1n) is 12.3. The van der Waals surface area contributed by atoms with Gasteiger partial charge in [-0.05, 0) is 74.5 Å². The van der Waals surface area contributed by atoms with Crippen molar-refractivity contribution < 1.29 is 38.1 Å². The zero-order valence-electron chi connectivity index (χ0n) is 21.9. The number of halogens is 2. The van der Waals surface area contributed by atoms with E-state index in [0.29, 0.717) is 50.5 Å². The average Bonchev–Trinajstić information content (AvgIpc) is 3.35. The van der Waals surface area contributed by atoms with E-state index in [4.69, 9.17) is 51.7 Å². The molecule has 0 radical (unpaired) electrons. The second-order valence-electron chi connectivity index (χ2n) is 8.30. The van der Waals surface area contributed by atoms with Crippen molar-refractivity contribution in [3.63, 3.8) is 0 Å². The van der Waals surface area contributed by atoms with E-state index in [-0.39, 0.29) is 6.08 Å². The summed E-state index contributed by atoms with van der Waals surface area (Å²) in [4.78, 5) is 30.3. The number of carboxylic acids is 1. The van der Waals surface area contributed by atoms with Crippen LogP contribution in [0.4, 0.5) is 0 Å². The Hall–Kier alpha value is -4.54. The van der Waals surface area contributed by atoms with Gasteiger partial charge in [0.1, 0.15) is 28.3 Å². The molecule has 3 aromatic carbocycles. The van der Waals surface area contributed by atoms with E-state index in [1.54, 1.807) is 86.8 Å².